The second-order valence-corrected chi connectivity index (χ2v) is 5.29. The zero-order valence-electron chi connectivity index (χ0n) is 11.1. The van der Waals surface area contributed by atoms with Gasteiger partial charge in [0.1, 0.15) is 0 Å². The Morgan fingerprint density at radius 2 is 2.24 bits per heavy atom. The fourth-order valence-electron chi connectivity index (χ4n) is 2.50. The van der Waals surface area contributed by atoms with E-state index in [-0.39, 0.29) is 18.9 Å². The van der Waals surface area contributed by atoms with Crippen LogP contribution in [0.2, 0.25) is 5.02 Å². The average molecular weight is 305 g/mol. The summed E-state index contributed by atoms with van der Waals surface area (Å²) in [6.07, 6.45) is 5.12. The third-order valence-corrected chi connectivity index (χ3v) is 3.85. The van der Waals surface area contributed by atoms with Crippen molar-refractivity contribution in [1.82, 2.24) is 9.55 Å². The number of imidazole rings is 1. The maximum Gasteiger partial charge on any atom is 0.227 e. The van der Waals surface area contributed by atoms with E-state index in [1.165, 1.54) is 0 Å². The summed E-state index contributed by atoms with van der Waals surface area (Å²) in [4.78, 5) is 29.0. The van der Waals surface area contributed by atoms with Crippen molar-refractivity contribution >= 4 is 29.1 Å². The van der Waals surface area contributed by atoms with Crippen LogP contribution in [0.15, 0.2) is 36.9 Å². The van der Waals surface area contributed by atoms with E-state index in [4.69, 9.17) is 17.3 Å². The molecule has 1 saturated heterocycles. The van der Waals surface area contributed by atoms with Crippen molar-refractivity contribution in [3.05, 3.63) is 41.9 Å². The van der Waals surface area contributed by atoms with E-state index in [1.807, 2.05) is 0 Å². The lowest BCUT2D eigenvalue weighted by Crippen LogP contribution is -2.29. The van der Waals surface area contributed by atoms with Gasteiger partial charge in [-0.2, -0.15) is 0 Å². The number of carbonyl (C=O) groups excluding carboxylic acids is 2. The van der Waals surface area contributed by atoms with Gasteiger partial charge in [-0.05, 0) is 12.1 Å². The second kappa shape index (κ2) is 5.21. The van der Waals surface area contributed by atoms with Crippen LogP contribution >= 0.6 is 11.6 Å². The summed E-state index contributed by atoms with van der Waals surface area (Å²) in [5, 5.41) is 0.501. The third-order valence-electron chi connectivity index (χ3n) is 3.55. The number of hydrogen-bond acceptors (Lipinski definition) is 3. The van der Waals surface area contributed by atoms with Gasteiger partial charge in [-0.25, -0.2) is 4.98 Å². The highest BCUT2D eigenvalue weighted by atomic mass is 35.5. The molecule has 0 aliphatic carbocycles. The monoisotopic (exact) mass is 304 g/mol. The predicted octanol–water partition coefficient (Wildman–Crippen LogP) is 1.36. The van der Waals surface area contributed by atoms with Crippen molar-refractivity contribution in [2.24, 2.45) is 11.7 Å². The van der Waals surface area contributed by atoms with Crippen LogP contribution in [0.4, 0.5) is 5.69 Å². The molecule has 1 unspecified atom stereocenters. The van der Waals surface area contributed by atoms with Gasteiger partial charge in [0.15, 0.2) is 0 Å². The van der Waals surface area contributed by atoms with E-state index in [0.29, 0.717) is 16.4 Å². The van der Waals surface area contributed by atoms with Crippen LogP contribution in [0.3, 0.4) is 0 Å². The van der Waals surface area contributed by atoms with Gasteiger partial charge in [-0.3, -0.25) is 9.59 Å². The molecule has 6 nitrogen and oxygen atoms in total. The number of nitrogens with zero attached hydrogens (tertiary/aromatic N) is 3. The maximum absolute atomic E-state index is 12.2. The maximum atomic E-state index is 12.2. The Bertz CT molecular complexity index is 699. The number of carbonyl (C=O) groups is 2. The van der Waals surface area contributed by atoms with E-state index in [9.17, 15) is 9.59 Å². The molecule has 1 atom stereocenters. The average Bonchev–Trinajstić information content (AvgIpc) is 3.07. The molecule has 2 aromatic rings. The Morgan fingerprint density at radius 3 is 2.86 bits per heavy atom. The van der Waals surface area contributed by atoms with Crippen molar-refractivity contribution in [2.75, 3.05) is 11.4 Å². The molecule has 108 valence electrons. The molecule has 0 saturated carbocycles. The van der Waals surface area contributed by atoms with Gasteiger partial charge >= 0.3 is 0 Å². The minimum absolute atomic E-state index is 0.130. The van der Waals surface area contributed by atoms with Gasteiger partial charge in [-0.15, -0.1) is 0 Å². The normalized spacial score (nSPS) is 18.2. The van der Waals surface area contributed by atoms with Crippen LogP contribution in [0, 0.1) is 5.92 Å². The molecule has 3 rings (SSSR count). The summed E-state index contributed by atoms with van der Waals surface area (Å²) in [5.41, 5.74) is 6.61. The highest BCUT2D eigenvalue weighted by Crippen LogP contribution is 2.34. The minimum Gasteiger partial charge on any atom is -0.369 e. The molecule has 1 aliphatic rings. The fraction of sp³-hybridized carbons (Fsp3) is 0.214. The largest absolute Gasteiger partial charge is 0.369 e. The van der Waals surface area contributed by atoms with Gasteiger partial charge < -0.3 is 15.2 Å². The van der Waals surface area contributed by atoms with Crippen LogP contribution < -0.4 is 10.6 Å². The molecule has 2 amide bonds. The molecule has 0 radical (unpaired) electrons. The van der Waals surface area contributed by atoms with E-state index in [2.05, 4.69) is 4.98 Å². The molecule has 0 spiro atoms. The Balaban J connectivity index is 2.06. The molecule has 1 aliphatic heterocycles. The number of halogens is 1. The summed E-state index contributed by atoms with van der Waals surface area (Å²) in [5.74, 6) is -1.06. The number of para-hydroxylation sites is 1. The number of benzene rings is 1. The molecule has 0 bridgehead atoms. The lowest BCUT2D eigenvalue weighted by molar-refractivity contribution is -0.123. The Morgan fingerprint density at radius 1 is 1.43 bits per heavy atom. The second-order valence-electron chi connectivity index (χ2n) is 4.89. The predicted molar refractivity (Wildman–Crippen MR) is 78.2 cm³/mol. The SMILES string of the molecule is NC(=O)C1CC(=O)N(c2cccc(Cl)c2-n2ccnc2)C1. The van der Waals surface area contributed by atoms with Crippen molar-refractivity contribution in [1.29, 1.82) is 0 Å². The van der Waals surface area contributed by atoms with Gasteiger partial charge in [-0.1, -0.05) is 17.7 Å². The van der Waals surface area contributed by atoms with Crippen LogP contribution in [0.1, 0.15) is 6.42 Å². The first-order chi connectivity index (χ1) is 10.1. The zero-order chi connectivity index (χ0) is 15.0. The number of anilines is 1. The van der Waals surface area contributed by atoms with Crippen molar-refractivity contribution < 1.29 is 9.59 Å². The molecule has 21 heavy (non-hydrogen) atoms. The van der Waals surface area contributed by atoms with E-state index in [0.717, 1.165) is 0 Å². The lowest BCUT2D eigenvalue weighted by atomic mass is 10.1. The number of aromatic nitrogens is 2. The first-order valence-corrected chi connectivity index (χ1v) is 6.82. The van der Waals surface area contributed by atoms with Gasteiger partial charge in [0.25, 0.3) is 0 Å². The van der Waals surface area contributed by atoms with Crippen molar-refractivity contribution in [3.8, 4) is 5.69 Å². The van der Waals surface area contributed by atoms with Gasteiger partial charge in [0.2, 0.25) is 11.8 Å². The van der Waals surface area contributed by atoms with Crippen molar-refractivity contribution in [2.45, 2.75) is 6.42 Å². The highest BCUT2D eigenvalue weighted by molar-refractivity contribution is 6.33. The molecule has 1 fully saturated rings. The first kappa shape index (κ1) is 13.6. The topological polar surface area (TPSA) is 81.2 Å². The van der Waals surface area contributed by atoms with E-state index in [1.54, 1.807) is 46.4 Å². The summed E-state index contributed by atoms with van der Waals surface area (Å²) in [6, 6.07) is 5.30. The lowest BCUT2D eigenvalue weighted by Gasteiger charge is -2.21. The van der Waals surface area contributed by atoms with Crippen LogP contribution in [0.5, 0.6) is 0 Å². The van der Waals surface area contributed by atoms with Crippen LogP contribution in [-0.4, -0.2) is 27.9 Å². The molecular weight excluding hydrogens is 292 g/mol. The Kier molecular flexibility index (Phi) is 3.39. The molecular formula is C14H13ClN4O2. The van der Waals surface area contributed by atoms with E-state index < -0.39 is 11.8 Å². The number of amides is 2. The smallest absolute Gasteiger partial charge is 0.227 e. The molecule has 1 aromatic carbocycles. The number of hydrogen-bond donors (Lipinski definition) is 1. The standard InChI is InChI=1S/C14H13ClN4O2/c15-10-2-1-3-11(13(10)18-5-4-17-8-18)19-7-9(14(16)21)6-12(19)20/h1-5,8-9H,6-7H2,(H2,16,21). The fourth-order valence-corrected chi connectivity index (χ4v) is 2.77. The summed E-state index contributed by atoms with van der Waals surface area (Å²) < 4.78 is 1.74. The zero-order valence-corrected chi connectivity index (χ0v) is 11.8. The summed E-state index contributed by atoms with van der Waals surface area (Å²) in [6.45, 7) is 0.274. The summed E-state index contributed by atoms with van der Waals surface area (Å²) in [7, 11) is 0. The molecule has 7 heteroatoms. The number of rotatable bonds is 3. The van der Waals surface area contributed by atoms with Crippen molar-refractivity contribution in [3.63, 3.8) is 0 Å². The summed E-state index contributed by atoms with van der Waals surface area (Å²) >= 11 is 6.27. The molecule has 2 heterocycles. The van der Waals surface area contributed by atoms with Crippen LogP contribution in [0.25, 0.3) is 5.69 Å². The Labute approximate surface area is 126 Å². The van der Waals surface area contributed by atoms with Crippen LogP contribution in [-0.2, 0) is 9.59 Å². The minimum atomic E-state index is -0.466. The quantitative estimate of drug-likeness (QED) is 0.929. The Hall–Kier alpha value is -2.34. The van der Waals surface area contributed by atoms with E-state index >= 15 is 0 Å². The highest BCUT2D eigenvalue weighted by Gasteiger charge is 2.35. The molecule has 2 N–H and O–H groups in total. The van der Waals surface area contributed by atoms with Gasteiger partial charge in [0.05, 0.1) is 28.6 Å². The first-order valence-electron chi connectivity index (χ1n) is 6.44. The number of nitrogens with two attached hydrogens (primary N) is 1. The van der Waals surface area contributed by atoms with Gasteiger partial charge in [0, 0.05) is 25.4 Å². The molecule has 1 aromatic heterocycles. The third kappa shape index (κ3) is 2.38. The number of primary amides is 1.